The van der Waals surface area contributed by atoms with Gasteiger partial charge < -0.3 is 9.64 Å². The SMILES string of the molecule is C[C@@H]1C[C@H](c2cccc(F)c2)N(CCN2CCOC2=O)C1. The van der Waals surface area contributed by atoms with Crippen LogP contribution in [-0.2, 0) is 4.74 Å². The molecule has 1 aromatic rings. The average molecular weight is 292 g/mol. The number of hydrogen-bond acceptors (Lipinski definition) is 3. The monoisotopic (exact) mass is 292 g/mol. The van der Waals surface area contributed by atoms with Gasteiger partial charge in [0.25, 0.3) is 0 Å². The Bertz CT molecular complexity index is 523. The molecule has 0 unspecified atom stereocenters. The van der Waals surface area contributed by atoms with Crippen LogP contribution in [0.5, 0.6) is 0 Å². The molecule has 0 aromatic heterocycles. The normalized spacial score (nSPS) is 26.4. The van der Waals surface area contributed by atoms with Gasteiger partial charge in [0.05, 0.1) is 6.54 Å². The van der Waals surface area contributed by atoms with Crippen molar-refractivity contribution in [3.63, 3.8) is 0 Å². The maximum Gasteiger partial charge on any atom is 0.409 e. The highest BCUT2D eigenvalue weighted by Crippen LogP contribution is 2.35. The first-order valence-corrected chi connectivity index (χ1v) is 7.54. The van der Waals surface area contributed by atoms with Crippen LogP contribution in [0.4, 0.5) is 9.18 Å². The summed E-state index contributed by atoms with van der Waals surface area (Å²) in [5, 5.41) is 0. The number of halogens is 1. The van der Waals surface area contributed by atoms with Crippen molar-refractivity contribution >= 4 is 6.09 Å². The van der Waals surface area contributed by atoms with Crippen LogP contribution in [0.15, 0.2) is 24.3 Å². The van der Waals surface area contributed by atoms with Crippen molar-refractivity contribution in [2.75, 3.05) is 32.8 Å². The lowest BCUT2D eigenvalue weighted by Gasteiger charge is -2.26. The molecule has 2 saturated heterocycles. The third-order valence-electron chi connectivity index (χ3n) is 4.35. The van der Waals surface area contributed by atoms with Crippen LogP contribution in [0, 0.1) is 11.7 Å². The van der Waals surface area contributed by atoms with Crippen LogP contribution in [-0.4, -0.2) is 48.7 Å². The molecule has 0 bridgehead atoms. The first-order valence-electron chi connectivity index (χ1n) is 7.54. The number of rotatable bonds is 4. The smallest absolute Gasteiger partial charge is 0.409 e. The highest BCUT2D eigenvalue weighted by atomic mass is 19.1. The predicted octanol–water partition coefficient (Wildman–Crippen LogP) is 2.66. The van der Waals surface area contributed by atoms with Gasteiger partial charge in [-0.2, -0.15) is 0 Å². The molecule has 21 heavy (non-hydrogen) atoms. The molecule has 3 rings (SSSR count). The van der Waals surface area contributed by atoms with Gasteiger partial charge >= 0.3 is 6.09 Å². The Morgan fingerprint density at radius 2 is 2.24 bits per heavy atom. The summed E-state index contributed by atoms with van der Waals surface area (Å²) >= 11 is 0. The van der Waals surface area contributed by atoms with Gasteiger partial charge in [-0.3, -0.25) is 4.90 Å². The van der Waals surface area contributed by atoms with Gasteiger partial charge in [0.1, 0.15) is 12.4 Å². The molecule has 0 spiro atoms. The molecule has 0 N–H and O–H groups in total. The van der Waals surface area contributed by atoms with Crippen molar-refractivity contribution in [2.24, 2.45) is 5.92 Å². The van der Waals surface area contributed by atoms with Gasteiger partial charge in [0, 0.05) is 25.7 Å². The van der Waals surface area contributed by atoms with E-state index in [2.05, 4.69) is 11.8 Å². The van der Waals surface area contributed by atoms with Gasteiger partial charge in [-0.05, 0) is 30.0 Å². The Kier molecular flexibility index (Phi) is 4.10. The molecule has 2 heterocycles. The molecule has 4 nitrogen and oxygen atoms in total. The third-order valence-corrected chi connectivity index (χ3v) is 4.35. The average Bonchev–Trinajstić information content (AvgIpc) is 3.02. The summed E-state index contributed by atoms with van der Waals surface area (Å²) in [4.78, 5) is 15.6. The van der Waals surface area contributed by atoms with Gasteiger partial charge in [0.2, 0.25) is 0 Å². The van der Waals surface area contributed by atoms with Gasteiger partial charge in [-0.1, -0.05) is 19.1 Å². The third kappa shape index (κ3) is 3.18. The zero-order valence-electron chi connectivity index (χ0n) is 12.3. The lowest BCUT2D eigenvalue weighted by Crippen LogP contribution is -2.35. The second-order valence-corrected chi connectivity index (χ2v) is 6.01. The van der Waals surface area contributed by atoms with Gasteiger partial charge in [0.15, 0.2) is 0 Å². The molecule has 0 aliphatic carbocycles. The minimum Gasteiger partial charge on any atom is -0.448 e. The summed E-state index contributed by atoms with van der Waals surface area (Å²) in [7, 11) is 0. The van der Waals surface area contributed by atoms with Crippen molar-refractivity contribution in [2.45, 2.75) is 19.4 Å². The number of amides is 1. The summed E-state index contributed by atoms with van der Waals surface area (Å²) in [6, 6.07) is 7.10. The van der Waals surface area contributed by atoms with Crippen molar-refractivity contribution in [3.05, 3.63) is 35.6 Å². The molecular weight excluding hydrogens is 271 g/mol. The standard InChI is InChI=1S/C16H21FN2O2/c1-12-9-15(13-3-2-4-14(17)10-13)19(11-12)6-5-18-7-8-21-16(18)20/h2-4,10,12,15H,5-9,11H2,1H3/t12-,15-/m1/s1. The largest absolute Gasteiger partial charge is 0.448 e. The van der Waals surface area contributed by atoms with Crippen LogP contribution in [0.25, 0.3) is 0 Å². The summed E-state index contributed by atoms with van der Waals surface area (Å²) in [5.41, 5.74) is 1.03. The predicted molar refractivity (Wildman–Crippen MR) is 77.4 cm³/mol. The topological polar surface area (TPSA) is 32.8 Å². The van der Waals surface area contributed by atoms with Crippen LogP contribution in [0.2, 0.25) is 0 Å². The van der Waals surface area contributed by atoms with Crippen LogP contribution in [0.3, 0.4) is 0 Å². The molecule has 114 valence electrons. The van der Waals surface area contributed by atoms with E-state index < -0.39 is 0 Å². The molecule has 2 aliphatic heterocycles. The van der Waals surface area contributed by atoms with E-state index in [-0.39, 0.29) is 18.0 Å². The van der Waals surface area contributed by atoms with E-state index in [0.717, 1.165) is 25.1 Å². The molecule has 5 heteroatoms. The number of carbonyl (C=O) groups excluding carboxylic acids is 1. The van der Waals surface area contributed by atoms with Crippen LogP contribution in [0.1, 0.15) is 24.9 Å². The minimum absolute atomic E-state index is 0.185. The van der Waals surface area contributed by atoms with Gasteiger partial charge in [-0.25, -0.2) is 9.18 Å². The van der Waals surface area contributed by atoms with E-state index in [4.69, 9.17) is 4.74 Å². The maximum absolute atomic E-state index is 13.4. The highest BCUT2D eigenvalue weighted by Gasteiger charge is 2.32. The maximum atomic E-state index is 13.4. The molecule has 1 amide bonds. The van der Waals surface area contributed by atoms with Gasteiger partial charge in [-0.15, -0.1) is 0 Å². The summed E-state index contributed by atoms with van der Waals surface area (Å²) < 4.78 is 18.4. The molecule has 2 atom stereocenters. The molecule has 2 fully saturated rings. The van der Waals surface area contributed by atoms with Crippen molar-refractivity contribution in [1.82, 2.24) is 9.80 Å². The van der Waals surface area contributed by atoms with Crippen molar-refractivity contribution in [1.29, 1.82) is 0 Å². The number of nitrogens with zero attached hydrogens (tertiary/aromatic N) is 2. The minimum atomic E-state index is -0.218. The fourth-order valence-electron chi connectivity index (χ4n) is 3.32. The molecule has 0 radical (unpaired) electrons. The van der Waals surface area contributed by atoms with Crippen LogP contribution >= 0.6 is 0 Å². The zero-order chi connectivity index (χ0) is 14.8. The van der Waals surface area contributed by atoms with E-state index in [1.54, 1.807) is 17.0 Å². The quantitative estimate of drug-likeness (QED) is 0.855. The lowest BCUT2D eigenvalue weighted by molar-refractivity contribution is 0.152. The second kappa shape index (κ2) is 6.02. The number of ether oxygens (including phenoxy) is 1. The summed E-state index contributed by atoms with van der Waals surface area (Å²) in [6.07, 6.45) is 0.818. The zero-order valence-corrected chi connectivity index (χ0v) is 12.3. The summed E-state index contributed by atoms with van der Waals surface area (Å²) in [6.45, 7) is 5.86. The number of benzene rings is 1. The number of hydrogen-bond donors (Lipinski definition) is 0. The summed E-state index contributed by atoms with van der Waals surface area (Å²) in [5.74, 6) is 0.402. The molecule has 0 saturated carbocycles. The van der Waals surface area contributed by atoms with E-state index in [0.29, 0.717) is 25.6 Å². The highest BCUT2D eigenvalue weighted by molar-refractivity contribution is 5.69. The number of likely N-dealkylation sites (tertiary alicyclic amines) is 1. The van der Waals surface area contributed by atoms with Crippen molar-refractivity contribution in [3.8, 4) is 0 Å². The molecule has 1 aromatic carbocycles. The van der Waals surface area contributed by atoms with Crippen molar-refractivity contribution < 1.29 is 13.9 Å². The Morgan fingerprint density at radius 3 is 2.95 bits per heavy atom. The first-order chi connectivity index (χ1) is 10.1. The Labute approximate surface area is 124 Å². The van der Waals surface area contributed by atoms with E-state index in [1.807, 2.05) is 6.07 Å². The Hall–Kier alpha value is -1.62. The first kappa shape index (κ1) is 14.3. The van der Waals surface area contributed by atoms with E-state index >= 15 is 0 Å². The van der Waals surface area contributed by atoms with E-state index in [1.165, 1.54) is 6.07 Å². The molecule has 2 aliphatic rings. The van der Waals surface area contributed by atoms with E-state index in [9.17, 15) is 9.18 Å². The molecular formula is C16H21FN2O2. The Balaban J connectivity index is 1.66. The fourth-order valence-corrected chi connectivity index (χ4v) is 3.32. The van der Waals surface area contributed by atoms with Crippen LogP contribution < -0.4 is 0 Å². The number of carbonyl (C=O) groups is 1. The lowest BCUT2D eigenvalue weighted by atomic mass is 10.0. The Morgan fingerprint density at radius 1 is 1.38 bits per heavy atom. The number of cyclic esters (lactones) is 1. The fraction of sp³-hybridized carbons (Fsp3) is 0.562. The second-order valence-electron chi connectivity index (χ2n) is 6.01.